The van der Waals surface area contributed by atoms with E-state index in [1.165, 1.54) is 6.08 Å². The number of ether oxygens (including phenoxy) is 2. The Morgan fingerprint density at radius 1 is 1.19 bits per heavy atom. The molecule has 1 aliphatic heterocycles. The van der Waals surface area contributed by atoms with Gasteiger partial charge in [0.1, 0.15) is 6.61 Å². The smallest absolute Gasteiger partial charge is 0.338 e. The molecule has 0 unspecified atom stereocenters. The Labute approximate surface area is 152 Å². The number of esters is 2. The lowest BCUT2D eigenvalue weighted by atomic mass is 10.0. The van der Waals surface area contributed by atoms with Crippen molar-refractivity contribution in [3.05, 3.63) is 52.7 Å². The van der Waals surface area contributed by atoms with Gasteiger partial charge in [0.25, 0.3) is 0 Å². The summed E-state index contributed by atoms with van der Waals surface area (Å²) in [7, 11) is 0. The molecule has 0 spiro atoms. The van der Waals surface area contributed by atoms with Gasteiger partial charge in [-0.05, 0) is 32.4 Å². The fraction of sp³-hybridized carbons (Fsp3) is 0.316. The van der Waals surface area contributed by atoms with E-state index in [2.05, 4.69) is 10.6 Å². The Balaban J connectivity index is 2.05. The summed E-state index contributed by atoms with van der Waals surface area (Å²) in [6.07, 6.45) is 2.92. The minimum absolute atomic E-state index is 0.204. The lowest BCUT2D eigenvalue weighted by Crippen LogP contribution is -2.50. The van der Waals surface area contributed by atoms with Gasteiger partial charge in [-0.25, -0.2) is 14.4 Å². The second-order valence-corrected chi connectivity index (χ2v) is 5.78. The molecular formula is C19H22N2O5. The Morgan fingerprint density at radius 3 is 2.54 bits per heavy atom. The van der Waals surface area contributed by atoms with Crippen molar-refractivity contribution in [1.82, 2.24) is 10.6 Å². The van der Waals surface area contributed by atoms with Gasteiger partial charge in [-0.1, -0.05) is 29.8 Å². The van der Waals surface area contributed by atoms with Gasteiger partial charge in [-0.3, -0.25) is 0 Å². The molecule has 0 radical (unpaired) electrons. The van der Waals surface area contributed by atoms with E-state index in [-0.39, 0.29) is 24.5 Å². The number of rotatable bonds is 6. The van der Waals surface area contributed by atoms with Gasteiger partial charge in [0.2, 0.25) is 0 Å². The van der Waals surface area contributed by atoms with Crippen molar-refractivity contribution in [3.63, 3.8) is 0 Å². The summed E-state index contributed by atoms with van der Waals surface area (Å²) in [5, 5.41) is 5.07. The molecule has 0 bridgehead atoms. The third-order valence-electron chi connectivity index (χ3n) is 3.71. The SMILES string of the molecule is CCOC(=O)C1=C(COC(=O)/C=C/c2ccc(C)cc2)NC(=O)N[C@@H]1C. The van der Waals surface area contributed by atoms with Crippen molar-refractivity contribution in [2.24, 2.45) is 0 Å². The van der Waals surface area contributed by atoms with Crippen LogP contribution in [0.4, 0.5) is 4.79 Å². The number of benzene rings is 1. The van der Waals surface area contributed by atoms with Crippen LogP contribution in [0.25, 0.3) is 6.08 Å². The summed E-state index contributed by atoms with van der Waals surface area (Å²) < 4.78 is 10.1. The topological polar surface area (TPSA) is 93.7 Å². The lowest BCUT2D eigenvalue weighted by molar-refractivity contribution is -0.140. The van der Waals surface area contributed by atoms with Gasteiger partial charge < -0.3 is 20.1 Å². The van der Waals surface area contributed by atoms with Gasteiger partial charge in [-0.15, -0.1) is 0 Å². The highest BCUT2D eigenvalue weighted by Gasteiger charge is 2.30. The van der Waals surface area contributed by atoms with Crippen LogP contribution < -0.4 is 10.6 Å². The Hall–Kier alpha value is -3.09. The minimum atomic E-state index is -0.582. The number of carbonyl (C=O) groups is 3. The predicted octanol–water partition coefficient (Wildman–Crippen LogP) is 2.07. The van der Waals surface area contributed by atoms with E-state index in [0.717, 1.165) is 11.1 Å². The molecular weight excluding hydrogens is 336 g/mol. The van der Waals surface area contributed by atoms with E-state index in [1.54, 1.807) is 19.9 Å². The number of hydrogen-bond acceptors (Lipinski definition) is 5. The van der Waals surface area contributed by atoms with Crippen LogP contribution in [0.2, 0.25) is 0 Å². The third kappa shape index (κ3) is 5.20. The lowest BCUT2D eigenvalue weighted by Gasteiger charge is -2.26. The van der Waals surface area contributed by atoms with Crippen LogP contribution in [0.1, 0.15) is 25.0 Å². The summed E-state index contributed by atoms with van der Waals surface area (Å²) >= 11 is 0. The minimum Gasteiger partial charge on any atom is -0.463 e. The first-order valence-corrected chi connectivity index (χ1v) is 8.30. The molecule has 0 fully saturated rings. The highest BCUT2D eigenvalue weighted by molar-refractivity contribution is 5.95. The molecule has 7 heteroatoms. The maximum Gasteiger partial charge on any atom is 0.338 e. The molecule has 2 rings (SSSR count). The number of amides is 2. The molecule has 0 saturated carbocycles. The zero-order chi connectivity index (χ0) is 19.1. The van der Waals surface area contributed by atoms with E-state index in [9.17, 15) is 14.4 Å². The van der Waals surface area contributed by atoms with E-state index >= 15 is 0 Å². The number of urea groups is 1. The molecule has 1 aromatic carbocycles. The largest absolute Gasteiger partial charge is 0.463 e. The number of nitrogens with one attached hydrogen (secondary N) is 2. The summed E-state index contributed by atoms with van der Waals surface area (Å²) in [6, 6.07) is 6.64. The fourth-order valence-corrected chi connectivity index (χ4v) is 2.43. The summed E-state index contributed by atoms with van der Waals surface area (Å²) in [5.74, 6) is -1.14. The van der Waals surface area contributed by atoms with Gasteiger partial charge in [-0.2, -0.15) is 0 Å². The first kappa shape index (κ1) is 19.2. The number of aryl methyl sites for hydroxylation is 1. The monoisotopic (exact) mass is 358 g/mol. The van der Waals surface area contributed by atoms with Crippen molar-refractivity contribution < 1.29 is 23.9 Å². The zero-order valence-corrected chi connectivity index (χ0v) is 15.0. The van der Waals surface area contributed by atoms with Crippen LogP contribution >= 0.6 is 0 Å². The average Bonchev–Trinajstić information content (AvgIpc) is 2.59. The summed E-state index contributed by atoms with van der Waals surface area (Å²) in [6.45, 7) is 5.29. The third-order valence-corrected chi connectivity index (χ3v) is 3.71. The summed E-state index contributed by atoms with van der Waals surface area (Å²) in [5.41, 5.74) is 2.44. The van der Waals surface area contributed by atoms with Crippen molar-refractivity contribution in [1.29, 1.82) is 0 Å². The molecule has 1 atom stereocenters. The Morgan fingerprint density at radius 2 is 1.88 bits per heavy atom. The molecule has 138 valence electrons. The highest BCUT2D eigenvalue weighted by Crippen LogP contribution is 2.15. The van der Waals surface area contributed by atoms with E-state index in [4.69, 9.17) is 9.47 Å². The van der Waals surface area contributed by atoms with Crippen molar-refractivity contribution in [2.75, 3.05) is 13.2 Å². The Bertz CT molecular complexity index is 750. The molecule has 0 saturated heterocycles. The van der Waals surface area contributed by atoms with Gasteiger partial charge in [0, 0.05) is 6.08 Å². The van der Waals surface area contributed by atoms with Gasteiger partial charge in [0.15, 0.2) is 0 Å². The number of hydrogen-bond donors (Lipinski definition) is 2. The Kier molecular flexibility index (Phi) is 6.54. The first-order chi connectivity index (χ1) is 12.4. The standard InChI is InChI=1S/C19H22N2O5/c1-4-25-18(23)17-13(3)20-19(24)21-15(17)11-26-16(22)10-9-14-7-5-12(2)6-8-14/h5-10,13H,4,11H2,1-3H3,(H2,20,21,24)/b10-9+/t13-/m1/s1. The highest BCUT2D eigenvalue weighted by atomic mass is 16.5. The normalized spacial score (nSPS) is 16.9. The zero-order valence-electron chi connectivity index (χ0n) is 15.0. The second kappa shape index (κ2) is 8.84. The van der Waals surface area contributed by atoms with E-state index < -0.39 is 24.0 Å². The van der Waals surface area contributed by atoms with Gasteiger partial charge >= 0.3 is 18.0 Å². The van der Waals surface area contributed by atoms with Crippen LogP contribution in [-0.2, 0) is 19.1 Å². The van der Waals surface area contributed by atoms with Crippen LogP contribution in [-0.4, -0.2) is 37.2 Å². The maximum atomic E-state index is 12.1. The first-order valence-electron chi connectivity index (χ1n) is 8.30. The molecule has 1 aromatic rings. The van der Waals surface area contributed by atoms with Crippen LogP contribution in [0.5, 0.6) is 0 Å². The molecule has 0 aromatic heterocycles. The molecule has 26 heavy (non-hydrogen) atoms. The molecule has 2 N–H and O–H groups in total. The van der Waals surface area contributed by atoms with E-state index in [1.807, 2.05) is 31.2 Å². The summed E-state index contributed by atoms with van der Waals surface area (Å²) in [4.78, 5) is 35.6. The van der Waals surface area contributed by atoms with Crippen LogP contribution in [0, 0.1) is 6.92 Å². The van der Waals surface area contributed by atoms with E-state index in [0.29, 0.717) is 0 Å². The number of carbonyl (C=O) groups excluding carboxylic acids is 3. The van der Waals surface area contributed by atoms with Crippen LogP contribution in [0.15, 0.2) is 41.6 Å². The molecule has 0 aliphatic carbocycles. The molecule has 2 amide bonds. The second-order valence-electron chi connectivity index (χ2n) is 5.78. The maximum absolute atomic E-state index is 12.1. The van der Waals surface area contributed by atoms with Crippen LogP contribution in [0.3, 0.4) is 0 Å². The van der Waals surface area contributed by atoms with Crippen molar-refractivity contribution >= 4 is 24.0 Å². The molecule has 1 heterocycles. The van der Waals surface area contributed by atoms with Gasteiger partial charge in [0.05, 0.1) is 23.9 Å². The fourth-order valence-electron chi connectivity index (χ4n) is 2.43. The van der Waals surface area contributed by atoms with Crippen molar-refractivity contribution in [2.45, 2.75) is 26.8 Å². The predicted molar refractivity (Wildman–Crippen MR) is 96.0 cm³/mol. The van der Waals surface area contributed by atoms with Crippen molar-refractivity contribution in [3.8, 4) is 0 Å². The quantitative estimate of drug-likeness (QED) is 0.600. The molecule has 1 aliphatic rings. The molecule has 7 nitrogen and oxygen atoms in total. The average molecular weight is 358 g/mol.